The van der Waals surface area contributed by atoms with E-state index in [9.17, 15) is 4.79 Å². The molecule has 0 saturated carbocycles. The van der Waals surface area contributed by atoms with Crippen molar-refractivity contribution in [3.8, 4) is 0 Å². The van der Waals surface area contributed by atoms with Crippen molar-refractivity contribution in [3.63, 3.8) is 0 Å². The maximum absolute atomic E-state index is 12.4. The zero-order chi connectivity index (χ0) is 21.6. The predicted octanol–water partition coefficient (Wildman–Crippen LogP) is 5.23. The van der Waals surface area contributed by atoms with Gasteiger partial charge in [-0.05, 0) is 62.4 Å². The van der Waals surface area contributed by atoms with Crippen LogP contribution in [0.25, 0.3) is 0 Å². The normalized spacial score (nSPS) is 10.4. The number of amides is 1. The third-order valence-corrected chi connectivity index (χ3v) is 4.45. The van der Waals surface area contributed by atoms with Gasteiger partial charge in [0.05, 0.1) is 0 Å². The van der Waals surface area contributed by atoms with E-state index in [1.54, 1.807) is 12.3 Å². The van der Waals surface area contributed by atoms with E-state index in [0.29, 0.717) is 34.5 Å². The number of aromatic nitrogens is 3. The summed E-state index contributed by atoms with van der Waals surface area (Å²) in [7, 11) is 0. The molecule has 1 amide bonds. The lowest BCUT2D eigenvalue weighted by molar-refractivity contribution is 0.102. The van der Waals surface area contributed by atoms with Gasteiger partial charge in [-0.15, -0.1) is 0 Å². The van der Waals surface area contributed by atoms with Gasteiger partial charge in [0.2, 0.25) is 0 Å². The molecule has 2 heterocycles. The number of carbonyl (C=O) groups is 1. The van der Waals surface area contributed by atoms with Crippen molar-refractivity contribution in [2.75, 3.05) is 16.0 Å². The van der Waals surface area contributed by atoms with Crippen LogP contribution in [0.4, 0.5) is 28.8 Å². The van der Waals surface area contributed by atoms with E-state index in [1.165, 1.54) is 0 Å². The Morgan fingerprint density at radius 2 is 1.48 bits per heavy atom. The lowest BCUT2D eigenvalue weighted by Crippen LogP contribution is -2.11. The molecule has 0 fully saturated rings. The number of pyridine rings is 1. The average Bonchev–Trinajstić information content (AvgIpc) is 2.75. The van der Waals surface area contributed by atoms with Crippen molar-refractivity contribution >= 4 is 34.7 Å². The Morgan fingerprint density at radius 3 is 2.19 bits per heavy atom. The number of anilines is 5. The molecule has 2 aromatic carbocycles. The molecule has 154 valence electrons. The van der Waals surface area contributed by atoms with Crippen LogP contribution in [0.15, 0.2) is 79.0 Å². The molecule has 0 aliphatic carbocycles. The minimum absolute atomic E-state index is 0.138. The van der Waals surface area contributed by atoms with E-state index in [4.69, 9.17) is 0 Å². The maximum atomic E-state index is 12.4. The first kappa shape index (κ1) is 20.0. The number of nitrogens with one attached hydrogen (secondary N) is 3. The highest BCUT2D eigenvalue weighted by atomic mass is 16.1. The van der Waals surface area contributed by atoms with Gasteiger partial charge in [-0.3, -0.25) is 4.79 Å². The Bertz CT molecular complexity index is 1190. The minimum Gasteiger partial charge on any atom is -0.340 e. The number of carbonyl (C=O) groups excluding carboxylic acids is 1. The molecule has 0 spiro atoms. The van der Waals surface area contributed by atoms with Crippen LogP contribution in [0.2, 0.25) is 0 Å². The van der Waals surface area contributed by atoms with Gasteiger partial charge in [-0.2, -0.15) is 0 Å². The maximum Gasteiger partial charge on any atom is 0.255 e. The molecule has 4 rings (SSSR count). The Hall–Kier alpha value is -4.26. The quantitative estimate of drug-likeness (QED) is 0.403. The molecule has 0 saturated heterocycles. The van der Waals surface area contributed by atoms with Crippen LogP contribution in [0.5, 0.6) is 0 Å². The van der Waals surface area contributed by atoms with Gasteiger partial charge < -0.3 is 16.0 Å². The third kappa shape index (κ3) is 5.42. The summed E-state index contributed by atoms with van der Waals surface area (Å²) in [6, 6.07) is 22.4. The van der Waals surface area contributed by atoms with E-state index in [1.807, 2.05) is 80.6 Å². The summed E-state index contributed by atoms with van der Waals surface area (Å²) in [4.78, 5) is 25.5. The summed E-state index contributed by atoms with van der Waals surface area (Å²) < 4.78 is 0. The average molecular weight is 410 g/mol. The van der Waals surface area contributed by atoms with Crippen molar-refractivity contribution < 1.29 is 4.79 Å². The number of hydrogen-bond donors (Lipinski definition) is 3. The van der Waals surface area contributed by atoms with Gasteiger partial charge in [-0.25, -0.2) is 15.0 Å². The van der Waals surface area contributed by atoms with Crippen LogP contribution in [0, 0.1) is 13.8 Å². The molecule has 0 radical (unpaired) electrons. The first-order valence-electron chi connectivity index (χ1n) is 9.84. The van der Waals surface area contributed by atoms with Gasteiger partial charge in [0.25, 0.3) is 5.91 Å². The molecular weight excluding hydrogens is 388 g/mol. The predicted molar refractivity (Wildman–Crippen MR) is 123 cm³/mol. The Labute approximate surface area is 180 Å². The molecular formula is C24H22N6O. The highest BCUT2D eigenvalue weighted by Crippen LogP contribution is 2.21. The van der Waals surface area contributed by atoms with Crippen molar-refractivity contribution in [1.29, 1.82) is 0 Å². The van der Waals surface area contributed by atoms with Crippen LogP contribution in [-0.4, -0.2) is 20.9 Å². The van der Waals surface area contributed by atoms with Gasteiger partial charge in [0, 0.05) is 29.2 Å². The Morgan fingerprint density at radius 1 is 0.742 bits per heavy atom. The first-order valence-corrected chi connectivity index (χ1v) is 9.84. The highest BCUT2D eigenvalue weighted by molar-refractivity contribution is 6.04. The first-order chi connectivity index (χ1) is 15.0. The largest absolute Gasteiger partial charge is 0.340 e. The Balaban J connectivity index is 1.43. The SMILES string of the molecule is Cc1cccc(C(=O)Nc2ccc(Nc3cc(Nc4ccccn4)nc(C)n3)cc2)c1. The van der Waals surface area contributed by atoms with Crippen LogP contribution in [0.1, 0.15) is 21.7 Å². The van der Waals surface area contributed by atoms with Crippen LogP contribution >= 0.6 is 0 Å². The summed E-state index contributed by atoms with van der Waals surface area (Å²) in [6.45, 7) is 3.79. The summed E-state index contributed by atoms with van der Waals surface area (Å²) in [5, 5.41) is 9.35. The van der Waals surface area contributed by atoms with E-state index in [2.05, 4.69) is 30.9 Å². The van der Waals surface area contributed by atoms with Gasteiger partial charge in [0.15, 0.2) is 0 Å². The molecule has 0 aliphatic heterocycles. The fourth-order valence-corrected chi connectivity index (χ4v) is 3.04. The number of aryl methyl sites for hydroxylation is 2. The molecule has 0 aliphatic rings. The summed E-state index contributed by atoms with van der Waals surface area (Å²) in [6.07, 6.45) is 1.72. The number of nitrogens with zero attached hydrogens (tertiary/aromatic N) is 3. The standard InChI is InChI=1S/C24H22N6O/c1-16-6-5-7-18(14-16)24(31)29-20-11-9-19(10-12-20)28-22-15-23(27-17(2)26-22)30-21-8-3-4-13-25-21/h3-15H,1-2H3,(H,29,31)(H2,25,26,27,28,30). The third-order valence-electron chi connectivity index (χ3n) is 4.45. The van der Waals surface area contributed by atoms with E-state index < -0.39 is 0 Å². The lowest BCUT2D eigenvalue weighted by atomic mass is 10.1. The topological polar surface area (TPSA) is 91.8 Å². The second-order valence-electron chi connectivity index (χ2n) is 7.05. The van der Waals surface area contributed by atoms with Crippen LogP contribution in [0.3, 0.4) is 0 Å². The molecule has 0 bridgehead atoms. The van der Waals surface area contributed by atoms with Gasteiger partial charge in [0.1, 0.15) is 23.3 Å². The van der Waals surface area contributed by atoms with Crippen molar-refractivity contribution in [1.82, 2.24) is 15.0 Å². The van der Waals surface area contributed by atoms with E-state index in [-0.39, 0.29) is 5.91 Å². The van der Waals surface area contributed by atoms with Crippen molar-refractivity contribution in [2.24, 2.45) is 0 Å². The summed E-state index contributed by atoms with van der Waals surface area (Å²) in [5.41, 5.74) is 3.24. The van der Waals surface area contributed by atoms with Gasteiger partial charge >= 0.3 is 0 Å². The molecule has 3 N–H and O–H groups in total. The summed E-state index contributed by atoms with van der Waals surface area (Å²) in [5.74, 6) is 2.50. The summed E-state index contributed by atoms with van der Waals surface area (Å²) >= 11 is 0. The molecule has 4 aromatic rings. The number of benzene rings is 2. The van der Waals surface area contributed by atoms with Gasteiger partial charge in [-0.1, -0.05) is 23.8 Å². The highest BCUT2D eigenvalue weighted by Gasteiger charge is 2.07. The second kappa shape index (κ2) is 9.04. The van der Waals surface area contributed by atoms with E-state index >= 15 is 0 Å². The smallest absolute Gasteiger partial charge is 0.255 e. The minimum atomic E-state index is -0.138. The van der Waals surface area contributed by atoms with Crippen molar-refractivity contribution in [3.05, 3.63) is 95.9 Å². The molecule has 7 heteroatoms. The molecule has 0 atom stereocenters. The zero-order valence-electron chi connectivity index (χ0n) is 17.3. The zero-order valence-corrected chi connectivity index (χ0v) is 17.3. The molecule has 0 unspecified atom stereocenters. The number of hydrogen-bond acceptors (Lipinski definition) is 6. The monoisotopic (exact) mass is 410 g/mol. The van der Waals surface area contributed by atoms with Crippen LogP contribution in [-0.2, 0) is 0 Å². The molecule has 2 aromatic heterocycles. The molecule has 31 heavy (non-hydrogen) atoms. The Kier molecular flexibility index (Phi) is 5.84. The van der Waals surface area contributed by atoms with Crippen molar-refractivity contribution in [2.45, 2.75) is 13.8 Å². The second-order valence-corrected chi connectivity index (χ2v) is 7.05. The number of rotatable bonds is 6. The van der Waals surface area contributed by atoms with Crippen LogP contribution < -0.4 is 16.0 Å². The lowest BCUT2D eigenvalue weighted by Gasteiger charge is -2.11. The fourth-order valence-electron chi connectivity index (χ4n) is 3.04. The fraction of sp³-hybridized carbons (Fsp3) is 0.0833. The molecule has 7 nitrogen and oxygen atoms in total. The van der Waals surface area contributed by atoms with E-state index in [0.717, 1.165) is 11.3 Å².